The van der Waals surface area contributed by atoms with Crippen LogP contribution in [0.25, 0.3) is 0 Å². The van der Waals surface area contributed by atoms with Crippen LogP contribution in [0.4, 0.5) is 0 Å². The SMILES string of the molecule is [CH2-]CC(C)(C)C.[CH2-]CC(C)(C)C.[CH2-]CCC(C)(C)C.[CH2-]CCCC(=O)CC(C)(C)C.[W+2].[W+2]. The van der Waals surface area contributed by atoms with Gasteiger partial charge in [0.15, 0.2) is 0 Å². The average Bonchev–Trinajstić information content (AvgIpc) is 2.50. The summed E-state index contributed by atoms with van der Waals surface area (Å²) in [5.74, 6) is 0.376. The second kappa shape index (κ2) is 23.8. The van der Waals surface area contributed by atoms with Gasteiger partial charge in [-0.1, -0.05) is 107 Å². The first-order valence-corrected chi connectivity index (χ1v) is 11.8. The van der Waals surface area contributed by atoms with Crippen molar-refractivity contribution in [2.45, 2.75) is 134 Å². The Balaban J connectivity index is -0.0000000716. The topological polar surface area (TPSA) is 17.1 Å². The Labute approximate surface area is 235 Å². The summed E-state index contributed by atoms with van der Waals surface area (Å²) >= 11 is 0. The van der Waals surface area contributed by atoms with Crippen molar-refractivity contribution in [1.82, 2.24) is 0 Å². The summed E-state index contributed by atoms with van der Waals surface area (Å²) in [6, 6.07) is 0. The van der Waals surface area contributed by atoms with Crippen LogP contribution in [0, 0.1) is 49.4 Å². The molecule has 0 heterocycles. The smallest absolute Gasteiger partial charge is 0.343 e. The molecule has 0 saturated carbocycles. The van der Waals surface area contributed by atoms with Crippen molar-refractivity contribution < 1.29 is 46.9 Å². The normalized spacial score (nSPS) is 11.1. The number of Topliss-reactive ketones (excluding diaryl/α,β-unsaturated/α-hetero) is 1. The Hall–Kier alpha value is 1.05. The first-order chi connectivity index (χ1) is 13.1. The first kappa shape index (κ1) is 46.4. The van der Waals surface area contributed by atoms with Crippen LogP contribution < -0.4 is 0 Å². The molecule has 0 unspecified atom stereocenters. The van der Waals surface area contributed by atoms with Gasteiger partial charge < -0.3 is 27.7 Å². The molecule has 0 aliphatic carbocycles. The molecule has 0 aliphatic heterocycles. The van der Waals surface area contributed by atoms with E-state index in [9.17, 15) is 4.79 Å². The number of rotatable bonds is 5. The van der Waals surface area contributed by atoms with Crippen LogP contribution in [-0.4, -0.2) is 5.78 Å². The Morgan fingerprint density at radius 1 is 0.562 bits per heavy atom. The van der Waals surface area contributed by atoms with Crippen molar-refractivity contribution in [3.05, 3.63) is 27.7 Å². The van der Waals surface area contributed by atoms with Crippen molar-refractivity contribution in [2.75, 3.05) is 0 Å². The molecule has 0 saturated heterocycles. The maximum absolute atomic E-state index is 11.2. The molecular weight excluding hydrogens is 732 g/mol. The zero-order valence-electron chi connectivity index (χ0n) is 24.2. The summed E-state index contributed by atoms with van der Waals surface area (Å²) in [7, 11) is 0. The summed E-state index contributed by atoms with van der Waals surface area (Å²) in [5.41, 5.74) is 1.50. The van der Waals surface area contributed by atoms with Gasteiger partial charge in [-0.15, -0.1) is 0 Å². The second-order valence-electron chi connectivity index (χ2n) is 13.0. The number of hydrogen-bond donors (Lipinski definition) is 0. The van der Waals surface area contributed by atoms with Gasteiger partial charge in [0.2, 0.25) is 0 Å². The van der Waals surface area contributed by atoms with E-state index in [-0.39, 0.29) is 47.5 Å². The molecule has 0 aromatic rings. The Morgan fingerprint density at radius 2 is 0.875 bits per heavy atom. The van der Waals surface area contributed by atoms with E-state index < -0.39 is 0 Å². The van der Waals surface area contributed by atoms with Crippen molar-refractivity contribution in [1.29, 1.82) is 0 Å². The van der Waals surface area contributed by atoms with Crippen LogP contribution in [0.2, 0.25) is 0 Å². The molecule has 0 radical (unpaired) electrons. The van der Waals surface area contributed by atoms with Crippen LogP contribution >= 0.6 is 0 Å². The average molecular weight is 792 g/mol. The molecule has 0 atom stereocenters. The van der Waals surface area contributed by atoms with Crippen LogP contribution in [0.3, 0.4) is 0 Å². The fourth-order valence-corrected chi connectivity index (χ4v) is 1.53. The zero-order valence-corrected chi connectivity index (χ0v) is 30.1. The molecule has 0 aliphatic rings. The number of carbonyl (C=O) groups is 1. The summed E-state index contributed by atoms with van der Waals surface area (Å²) < 4.78 is 0. The summed E-state index contributed by atoms with van der Waals surface area (Å²) in [6.45, 7) is 41.1. The molecule has 194 valence electrons. The van der Waals surface area contributed by atoms with E-state index in [0.29, 0.717) is 34.9 Å². The van der Waals surface area contributed by atoms with E-state index >= 15 is 0 Å². The first-order valence-electron chi connectivity index (χ1n) is 11.8. The fourth-order valence-electron chi connectivity index (χ4n) is 1.53. The van der Waals surface area contributed by atoms with E-state index in [4.69, 9.17) is 0 Å². The van der Waals surface area contributed by atoms with Gasteiger partial charge in [-0.2, -0.15) is 25.7 Å². The molecule has 32 heavy (non-hydrogen) atoms. The molecule has 0 bridgehead atoms. The van der Waals surface area contributed by atoms with Gasteiger partial charge in [0.1, 0.15) is 5.78 Å². The standard InChI is InChI=1S/C10H19O.C7H15.2C6H13.2W/c1-5-6-7-9(11)8-10(2,3)4;1-5-6-7(2,3)4;2*1-5-6(2,3)4;;/h1,5-8H2,2-4H3;1,5-6H2,2-4H3;2*1,5H2,2-4H3;;/q4*-1;2*+2. The molecule has 0 fully saturated rings. The monoisotopic (exact) mass is 792 g/mol. The molecule has 0 aromatic carbocycles. The predicted octanol–water partition coefficient (Wildman–Crippen LogP) is 10.2. The van der Waals surface area contributed by atoms with E-state index in [1.807, 2.05) is 0 Å². The van der Waals surface area contributed by atoms with Gasteiger partial charge in [-0.25, -0.2) is 0 Å². The van der Waals surface area contributed by atoms with Crippen molar-refractivity contribution in [2.24, 2.45) is 21.7 Å². The van der Waals surface area contributed by atoms with Gasteiger partial charge in [-0.05, 0) is 10.8 Å². The number of carbonyl (C=O) groups excluding carboxylic acids is 1. The third kappa shape index (κ3) is 69.7. The molecule has 0 amide bonds. The number of unbranched alkanes of at least 4 members (excludes halogenated alkanes) is 1. The minimum Gasteiger partial charge on any atom is -0.343 e. The minimum atomic E-state index is 0. The van der Waals surface area contributed by atoms with Gasteiger partial charge >= 0.3 is 42.1 Å². The molecule has 3 heteroatoms. The van der Waals surface area contributed by atoms with E-state index in [0.717, 1.165) is 32.1 Å². The molecular formula is C29H60OW2. The van der Waals surface area contributed by atoms with Crippen LogP contribution in [0.5, 0.6) is 0 Å². The van der Waals surface area contributed by atoms with E-state index in [1.165, 1.54) is 6.42 Å². The third-order valence-corrected chi connectivity index (χ3v) is 3.86. The fraction of sp³-hybridized carbons (Fsp3) is 0.828. The largest absolute Gasteiger partial charge is 2.00 e. The Kier molecular flexibility index (Phi) is 34.5. The molecule has 0 spiro atoms. The molecule has 0 aromatic heterocycles. The molecule has 1 nitrogen and oxygen atoms in total. The Morgan fingerprint density at radius 3 is 1.00 bits per heavy atom. The number of ketones is 1. The molecule has 0 rings (SSSR count). The zero-order chi connectivity index (χ0) is 25.2. The van der Waals surface area contributed by atoms with Gasteiger partial charge in [-0.3, -0.25) is 4.79 Å². The van der Waals surface area contributed by atoms with Crippen molar-refractivity contribution in [3.63, 3.8) is 0 Å². The van der Waals surface area contributed by atoms with Gasteiger partial charge in [0.05, 0.1) is 0 Å². The summed E-state index contributed by atoms with van der Waals surface area (Å²) in [6.07, 6.45) is 7.55. The second-order valence-corrected chi connectivity index (χ2v) is 13.0. The van der Waals surface area contributed by atoms with Crippen molar-refractivity contribution in [3.8, 4) is 0 Å². The minimum absolute atomic E-state index is 0. The van der Waals surface area contributed by atoms with Crippen LogP contribution in [0.15, 0.2) is 0 Å². The summed E-state index contributed by atoms with van der Waals surface area (Å²) in [4.78, 5) is 11.2. The number of hydrogen-bond acceptors (Lipinski definition) is 1. The Bertz CT molecular complexity index is 360. The maximum atomic E-state index is 11.2. The maximum Gasteiger partial charge on any atom is 2.00 e. The van der Waals surface area contributed by atoms with Gasteiger partial charge in [0.25, 0.3) is 0 Å². The van der Waals surface area contributed by atoms with Crippen molar-refractivity contribution >= 4 is 5.78 Å². The quantitative estimate of drug-likeness (QED) is 0.254. The predicted molar refractivity (Wildman–Crippen MR) is 141 cm³/mol. The molecule has 0 N–H and O–H groups in total. The third-order valence-electron chi connectivity index (χ3n) is 3.86. The summed E-state index contributed by atoms with van der Waals surface area (Å²) in [5, 5.41) is 0. The van der Waals surface area contributed by atoms with E-state index in [2.05, 4.69) is 111 Å². The van der Waals surface area contributed by atoms with Crippen LogP contribution in [0.1, 0.15) is 134 Å². The van der Waals surface area contributed by atoms with Crippen LogP contribution in [-0.2, 0) is 46.9 Å². The van der Waals surface area contributed by atoms with E-state index in [1.54, 1.807) is 0 Å². The van der Waals surface area contributed by atoms with Gasteiger partial charge in [0, 0.05) is 12.8 Å².